The largest absolute Gasteiger partial charge is 0.310 e. The Labute approximate surface area is 318 Å². The van der Waals surface area contributed by atoms with Gasteiger partial charge in [0, 0.05) is 16.9 Å². The maximum atomic E-state index is 4.06. The molecule has 0 aromatic heterocycles. The summed E-state index contributed by atoms with van der Waals surface area (Å²) in [5.74, 6) is 0. The lowest BCUT2D eigenvalue weighted by atomic mass is 9.67. The Morgan fingerprint density at radius 3 is 1.28 bits per heavy atom. The Kier molecular flexibility index (Phi) is 8.46. The number of nitrogens with zero attached hydrogens (tertiary/aromatic N) is 1. The van der Waals surface area contributed by atoms with E-state index in [2.05, 4.69) is 218 Å². The average Bonchev–Trinajstić information content (AvgIpc) is 3.57. The van der Waals surface area contributed by atoms with E-state index in [1.54, 1.807) is 0 Å². The molecule has 0 amide bonds. The second-order valence-electron chi connectivity index (χ2n) is 13.8. The molecule has 1 nitrogen and oxygen atoms in total. The third-order valence-electron chi connectivity index (χ3n) is 10.9. The summed E-state index contributed by atoms with van der Waals surface area (Å²) in [5.41, 5.74) is 17.0. The molecule has 0 fully saturated rings. The molecule has 1 aliphatic rings. The van der Waals surface area contributed by atoms with Crippen LogP contribution in [-0.2, 0) is 5.41 Å². The van der Waals surface area contributed by atoms with E-state index in [9.17, 15) is 0 Å². The molecule has 9 rings (SSSR count). The molecule has 8 aromatic rings. The van der Waals surface area contributed by atoms with Crippen molar-refractivity contribution in [1.82, 2.24) is 0 Å². The molecule has 0 heterocycles. The SMILES string of the molecule is C=Cc1ccc(C2(c3ccc(C=C)cc3)c3ccccc3-c3cccc(N(c4ccc(-c5ccccc5)cc4)c4ccc(-c5ccccc5)cc4)c32)cc1. The zero-order valence-electron chi connectivity index (χ0n) is 30.1. The van der Waals surface area contributed by atoms with Crippen LogP contribution in [0.3, 0.4) is 0 Å². The molecular formula is C53H39N. The summed E-state index contributed by atoms with van der Waals surface area (Å²) in [6.07, 6.45) is 3.83. The Bertz CT molecular complexity index is 2450. The molecule has 8 aromatic carbocycles. The van der Waals surface area contributed by atoms with Crippen molar-refractivity contribution < 1.29 is 0 Å². The highest BCUT2D eigenvalue weighted by Gasteiger charge is 2.48. The van der Waals surface area contributed by atoms with Gasteiger partial charge in [-0.2, -0.15) is 0 Å². The van der Waals surface area contributed by atoms with Gasteiger partial charge in [-0.25, -0.2) is 0 Å². The number of hydrogen-bond donors (Lipinski definition) is 0. The van der Waals surface area contributed by atoms with Gasteiger partial charge >= 0.3 is 0 Å². The van der Waals surface area contributed by atoms with E-state index >= 15 is 0 Å². The smallest absolute Gasteiger partial charge is 0.0734 e. The van der Waals surface area contributed by atoms with Crippen molar-refractivity contribution in [2.24, 2.45) is 0 Å². The van der Waals surface area contributed by atoms with Crippen molar-refractivity contribution in [3.63, 3.8) is 0 Å². The Morgan fingerprint density at radius 1 is 0.370 bits per heavy atom. The van der Waals surface area contributed by atoms with Crippen LogP contribution in [0.4, 0.5) is 17.1 Å². The van der Waals surface area contributed by atoms with E-state index in [1.165, 1.54) is 55.6 Å². The van der Waals surface area contributed by atoms with Gasteiger partial charge < -0.3 is 4.90 Å². The van der Waals surface area contributed by atoms with Gasteiger partial charge in [-0.05, 0) is 91.5 Å². The van der Waals surface area contributed by atoms with E-state index in [0.29, 0.717) is 0 Å². The van der Waals surface area contributed by atoms with E-state index in [-0.39, 0.29) is 0 Å². The third-order valence-corrected chi connectivity index (χ3v) is 10.9. The highest BCUT2D eigenvalue weighted by Crippen LogP contribution is 2.60. The number of fused-ring (bicyclic) bond motifs is 3. The first kappa shape index (κ1) is 32.9. The van der Waals surface area contributed by atoms with Crippen LogP contribution in [0.5, 0.6) is 0 Å². The van der Waals surface area contributed by atoms with Crippen molar-refractivity contribution in [3.05, 3.63) is 247 Å². The van der Waals surface area contributed by atoms with Gasteiger partial charge in [-0.1, -0.05) is 195 Å². The normalized spacial score (nSPS) is 12.4. The molecule has 0 unspecified atom stereocenters. The summed E-state index contributed by atoms with van der Waals surface area (Å²) in [7, 11) is 0. The zero-order chi connectivity index (χ0) is 36.5. The predicted molar refractivity (Wildman–Crippen MR) is 229 cm³/mol. The number of anilines is 3. The summed E-state index contributed by atoms with van der Waals surface area (Å²) in [4.78, 5) is 2.44. The van der Waals surface area contributed by atoms with Gasteiger partial charge in [0.2, 0.25) is 0 Å². The lowest BCUT2D eigenvalue weighted by Crippen LogP contribution is -2.30. The molecule has 0 radical (unpaired) electrons. The van der Waals surface area contributed by atoms with Crippen LogP contribution < -0.4 is 4.90 Å². The summed E-state index contributed by atoms with van der Waals surface area (Å²) < 4.78 is 0. The van der Waals surface area contributed by atoms with Crippen molar-refractivity contribution in [3.8, 4) is 33.4 Å². The summed E-state index contributed by atoms with van der Waals surface area (Å²) >= 11 is 0. The van der Waals surface area contributed by atoms with Gasteiger partial charge in [0.15, 0.2) is 0 Å². The maximum absolute atomic E-state index is 4.06. The monoisotopic (exact) mass is 689 g/mol. The Balaban J connectivity index is 1.33. The fraction of sp³-hybridized carbons (Fsp3) is 0.0189. The van der Waals surface area contributed by atoms with Gasteiger partial charge in [-0.15, -0.1) is 0 Å². The third kappa shape index (κ3) is 5.50. The van der Waals surface area contributed by atoms with Gasteiger partial charge in [-0.3, -0.25) is 0 Å². The van der Waals surface area contributed by atoms with Crippen LogP contribution in [0.25, 0.3) is 45.5 Å². The van der Waals surface area contributed by atoms with E-state index in [4.69, 9.17) is 0 Å². The molecule has 54 heavy (non-hydrogen) atoms. The standard InChI is InChI=1S/C53H39N/c1-3-38-22-30-44(31-23-38)53(45-32-24-39(4-2)25-33-45)50-20-12-11-18-48(50)49-19-13-21-51(52(49)53)54(46-34-26-42(27-35-46)40-14-7-5-8-15-40)47-36-28-43(29-37-47)41-16-9-6-10-17-41/h3-37H,1-2H2. The molecule has 0 saturated carbocycles. The van der Waals surface area contributed by atoms with E-state index in [1.807, 2.05) is 12.2 Å². The second-order valence-corrected chi connectivity index (χ2v) is 13.8. The van der Waals surface area contributed by atoms with Crippen molar-refractivity contribution >= 4 is 29.2 Å². The van der Waals surface area contributed by atoms with Crippen LogP contribution >= 0.6 is 0 Å². The van der Waals surface area contributed by atoms with Crippen LogP contribution in [0.2, 0.25) is 0 Å². The first-order valence-corrected chi connectivity index (χ1v) is 18.5. The van der Waals surface area contributed by atoms with Gasteiger partial charge in [0.1, 0.15) is 0 Å². The first-order chi connectivity index (χ1) is 26.7. The number of hydrogen-bond acceptors (Lipinski definition) is 1. The minimum Gasteiger partial charge on any atom is -0.310 e. The minimum absolute atomic E-state index is 0.617. The Morgan fingerprint density at radius 2 is 0.796 bits per heavy atom. The molecule has 0 bridgehead atoms. The number of rotatable bonds is 9. The average molecular weight is 690 g/mol. The van der Waals surface area contributed by atoms with Gasteiger partial charge in [0.05, 0.1) is 11.1 Å². The topological polar surface area (TPSA) is 3.24 Å². The van der Waals surface area contributed by atoms with Crippen molar-refractivity contribution in [2.45, 2.75) is 5.41 Å². The van der Waals surface area contributed by atoms with E-state index < -0.39 is 5.41 Å². The lowest BCUT2D eigenvalue weighted by Gasteiger charge is -2.38. The van der Waals surface area contributed by atoms with Crippen LogP contribution in [0, 0.1) is 0 Å². The van der Waals surface area contributed by atoms with Gasteiger partial charge in [0.25, 0.3) is 0 Å². The second kappa shape index (κ2) is 13.9. The summed E-state index contributed by atoms with van der Waals surface area (Å²) in [6, 6.07) is 72.8. The minimum atomic E-state index is -0.617. The molecule has 0 spiro atoms. The van der Waals surface area contributed by atoms with Crippen molar-refractivity contribution in [1.29, 1.82) is 0 Å². The fourth-order valence-electron chi connectivity index (χ4n) is 8.32. The highest BCUT2D eigenvalue weighted by atomic mass is 15.1. The lowest BCUT2D eigenvalue weighted by molar-refractivity contribution is 0.767. The van der Waals surface area contributed by atoms with Crippen LogP contribution in [0.1, 0.15) is 33.4 Å². The molecule has 0 aliphatic heterocycles. The molecule has 256 valence electrons. The van der Waals surface area contributed by atoms with Crippen molar-refractivity contribution in [2.75, 3.05) is 4.90 Å². The molecule has 0 atom stereocenters. The van der Waals surface area contributed by atoms with Crippen LogP contribution in [0.15, 0.2) is 213 Å². The quantitative estimate of drug-likeness (QED) is 0.146. The fourth-order valence-corrected chi connectivity index (χ4v) is 8.32. The molecular weight excluding hydrogens is 651 g/mol. The first-order valence-electron chi connectivity index (χ1n) is 18.5. The Hall–Kier alpha value is -6.96. The predicted octanol–water partition coefficient (Wildman–Crippen LogP) is 14.1. The maximum Gasteiger partial charge on any atom is 0.0734 e. The molecule has 0 N–H and O–H groups in total. The molecule has 0 saturated heterocycles. The summed E-state index contributed by atoms with van der Waals surface area (Å²) in [6.45, 7) is 8.13. The zero-order valence-corrected chi connectivity index (χ0v) is 30.1. The highest BCUT2D eigenvalue weighted by molar-refractivity contribution is 5.94. The summed E-state index contributed by atoms with van der Waals surface area (Å²) in [5, 5.41) is 0. The molecule has 1 aliphatic carbocycles. The molecule has 1 heteroatoms. The van der Waals surface area contributed by atoms with Crippen LogP contribution in [-0.4, -0.2) is 0 Å². The van der Waals surface area contributed by atoms with E-state index in [0.717, 1.165) is 28.2 Å². The number of benzene rings is 8.